The summed E-state index contributed by atoms with van der Waals surface area (Å²) >= 11 is 0. The zero-order chi connectivity index (χ0) is 19.7. The van der Waals surface area contributed by atoms with Crippen LogP contribution in [0.3, 0.4) is 0 Å². The number of nitrogens with zero attached hydrogens (tertiary/aromatic N) is 4. The van der Waals surface area contributed by atoms with Crippen LogP contribution >= 0.6 is 24.0 Å². The topological polar surface area (TPSA) is 95.8 Å². The highest BCUT2D eigenvalue weighted by atomic mass is 127. The van der Waals surface area contributed by atoms with Crippen LogP contribution in [0.2, 0.25) is 0 Å². The number of halogens is 1. The van der Waals surface area contributed by atoms with E-state index in [2.05, 4.69) is 30.9 Å². The normalized spacial score (nSPS) is 13.0. The van der Waals surface area contributed by atoms with Crippen molar-refractivity contribution in [2.45, 2.75) is 32.4 Å². The summed E-state index contributed by atoms with van der Waals surface area (Å²) in [5.74, 6) is 0.673. The molecule has 27 heavy (non-hydrogen) atoms. The number of ether oxygens (including phenoxy) is 1. The van der Waals surface area contributed by atoms with Gasteiger partial charge in [0, 0.05) is 45.5 Å². The van der Waals surface area contributed by atoms with Crippen LogP contribution in [0.5, 0.6) is 0 Å². The number of aliphatic imine (C=N–C) groups is 1. The molecule has 1 aromatic heterocycles. The number of carbonyl (C=O) groups is 1. The molecule has 0 saturated carbocycles. The van der Waals surface area contributed by atoms with Crippen LogP contribution in [0.25, 0.3) is 0 Å². The van der Waals surface area contributed by atoms with Gasteiger partial charge in [0.1, 0.15) is 5.60 Å². The molecule has 0 aliphatic carbocycles. The van der Waals surface area contributed by atoms with Gasteiger partial charge in [0.15, 0.2) is 5.96 Å². The van der Waals surface area contributed by atoms with Crippen molar-refractivity contribution in [3.63, 3.8) is 0 Å². The molecular formula is C17H34IN7O2. The van der Waals surface area contributed by atoms with Crippen LogP contribution in [0.1, 0.15) is 32.4 Å². The molecule has 3 N–H and O–H groups in total. The Morgan fingerprint density at radius 2 is 1.93 bits per heavy atom. The monoisotopic (exact) mass is 495 g/mol. The Morgan fingerprint density at radius 3 is 2.41 bits per heavy atom. The first-order chi connectivity index (χ1) is 12.1. The van der Waals surface area contributed by atoms with Gasteiger partial charge in [-0.15, -0.1) is 24.0 Å². The molecule has 0 saturated heterocycles. The number of guanidine groups is 1. The molecule has 10 heteroatoms. The maximum atomic E-state index is 11.6. The second kappa shape index (κ2) is 12.0. The van der Waals surface area contributed by atoms with Crippen molar-refractivity contribution in [2.24, 2.45) is 12.0 Å². The molecule has 0 bridgehead atoms. The fraction of sp³-hybridized carbons (Fsp3) is 0.706. The molecule has 0 aliphatic heterocycles. The van der Waals surface area contributed by atoms with E-state index in [0.717, 1.165) is 5.56 Å². The maximum absolute atomic E-state index is 11.6. The zero-order valence-corrected chi connectivity index (χ0v) is 19.7. The molecule has 1 heterocycles. The van der Waals surface area contributed by atoms with E-state index < -0.39 is 11.7 Å². The largest absolute Gasteiger partial charge is 0.444 e. The van der Waals surface area contributed by atoms with Crippen molar-refractivity contribution in [1.82, 2.24) is 30.6 Å². The van der Waals surface area contributed by atoms with Crippen molar-refractivity contribution in [3.05, 3.63) is 18.0 Å². The fourth-order valence-electron chi connectivity index (χ4n) is 2.28. The average Bonchev–Trinajstić information content (AvgIpc) is 2.93. The van der Waals surface area contributed by atoms with E-state index in [1.165, 1.54) is 0 Å². The second-order valence-electron chi connectivity index (χ2n) is 7.24. The SMILES string of the molecule is CN=C(NCCNC(=O)OC(C)(C)C)NCC(c1cnn(C)c1)N(C)C.I. The average molecular weight is 495 g/mol. The standard InChI is InChI=1S/C17H33N7O2.HI/c1-17(2,3)26-16(25)20-9-8-19-15(18-4)21-11-14(23(5)6)13-10-22-24(7)12-13;/h10,12,14H,8-9,11H2,1-7H3,(H,20,25)(H2,18,19,21);1H. The number of aromatic nitrogens is 2. The number of amides is 1. The molecule has 156 valence electrons. The molecule has 9 nitrogen and oxygen atoms in total. The molecule has 1 atom stereocenters. The van der Waals surface area contributed by atoms with Gasteiger partial charge in [-0.05, 0) is 34.9 Å². The minimum Gasteiger partial charge on any atom is -0.444 e. The summed E-state index contributed by atoms with van der Waals surface area (Å²) < 4.78 is 6.98. The van der Waals surface area contributed by atoms with Gasteiger partial charge in [0.2, 0.25) is 0 Å². The molecule has 0 aromatic carbocycles. The Morgan fingerprint density at radius 1 is 1.30 bits per heavy atom. The van der Waals surface area contributed by atoms with Crippen molar-refractivity contribution in [2.75, 3.05) is 40.8 Å². The van der Waals surface area contributed by atoms with Crippen LogP contribution in [-0.4, -0.2) is 73.1 Å². The van der Waals surface area contributed by atoms with E-state index in [9.17, 15) is 4.79 Å². The predicted octanol–water partition coefficient (Wildman–Crippen LogP) is 1.33. The predicted molar refractivity (Wildman–Crippen MR) is 119 cm³/mol. The lowest BCUT2D eigenvalue weighted by Crippen LogP contribution is -2.44. The van der Waals surface area contributed by atoms with Crippen LogP contribution in [0.15, 0.2) is 17.4 Å². The molecule has 0 aliphatic rings. The summed E-state index contributed by atoms with van der Waals surface area (Å²) in [6.45, 7) is 7.16. The number of aryl methyl sites for hydroxylation is 1. The van der Waals surface area contributed by atoms with Crippen molar-refractivity contribution >= 4 is 36.0 Å². The number of rotatable bonds is 7. The summed E-state index contributed by atoms with van der Waals surface area (Å²) in [7, 11) is 7.67. The number of alkyl carbamates (subject to hydrolysis) is 1. The van der Waals surface area contributed by atoms with Gasteiger partial charge >= 0.3 is 6.09 Å². The lowest BCUT2D eigenvalue weighted by Gasteiger charge is -2.24. The Kier molecular flexibility index (Phi) is 11.3. The minimum atomic E-state index is -0.497. The van der Waals surface area contributed by atoms with Crippen molar-refractivity contribution in [1.29, 1.82) is 0 Å². The van der Waals surface area contributed by atoms with E-state index in [4.69, 9.17) is 4.74 Å². The first-order valence-electron chi connectivity index (χ1n) is 8.68. The Bertz CT molecular complexity index is 596. The van der Waals surface area contributed by atoms with Crippen molar-refractivity contribution < 1.29 is 9.53 Å². The minimum absolute atomic E-state index is 0. The summed E-state index contributed by atoms with van der Waals surface area (Å²) in [5, 5.41) is 13.4. The molecular weight excluding hydrogens is 461 g/mol. The van der Waals surface area contributed by atoms with E-state index in [-0.39, 0.29) is 30.0 Å². The van der Waals surface area contributed by atoms with Crippen LogP contribution in [-0.2, 0) is 11.8 Å². The lowest BCUT2D eigenvalue weighted by molar-refractivity contribution is 0.0529. The second-order valence-corrected chi connectivity index (χ2v) is 7.24. The summed E-state index contributed by atoms with van der Waals surface area (Å²) in [6.07, 6.45) is 3.45. The molecule has 1 amide bonds. The third-order valence-corrected chi connectivity index (χ3v) is 3.51. The van der Waals surface area contributed by atoms with Gasteiger partial charge in [-0.2, -0.15) is 5.10 Å². The fourth-order valence-corrected chi connectivity index (χ4v) is 2.28. The Hall–Kier alpha value is -1.56. The van der Waals surface area contributed by atoms with Crippen LogP contribution in [0, 0.1) is 0 Å². The van der Waals surface area contributed by atoms with E-state index in [1.807, 2.05) is 54.3 Å². The Balaban J connectivity index is 0.00000676. The number of likely N-dealkylation sites (N-methyl/N-ethyl adjacent to an activating group) is 1. The van der Waals surface area contributed by atoms with Gasteiger partial charge in [0.05, 0.1) is 12.2 Å². The first kappa shape index (κ1) is 25.4. The summed E-state index contributed by atoms with van der Waals surface area (Å²) in [5.41, 5.74) is 0.634. The van der Waals surface area contributed by atoms with Crippen molar-refractivity contribution in [3.8, 4) is 0 Å². The quantitative estimate of drug-likeness (QED) is 0.229. The molecule has 1 unspecified atom stereocenters. The molecule has 0 spiro atoms. The van der Waals surface area contributed by atoms with Gasteiger partial charge in [-0.25, -0.2) is 4.79 Å². The van der Waals surface area contributed by atoms with Crippen LogP contribution < -0.4 is 16.0 Å². The number of nitrogens with one attached hydrogen (secondary N) is 3. The molecule has 0 fully saturated rings. The highest BCUT2D eigenvalue weighted by Gasteiger charge is 2.17. The summed E-state index contributed by atoms with van der Waals surface area (Å²) in [6, 6.07) is 0.169. The maximum Gasteiger partial charge on any atom is 0.407 e. The third kappa shape index (κ3) is 10.4. The Labute approximate surface area is 179 Å². The van der Waals surface area contributed by atoms with E-state index in [1.54, 1.807) is 11.7 Å². The number of hydrogen-bond donors (Lipinski definition) is 3. The van der Waals surface area contributed by atoms with Crippen LogP contribution in [0.4, 0.5) is 4.79 Å². The molecule has 1 rings (SSSR count). The number of carbonyl (C=O) groups excluding carboxylic acids is 1. The van der Waals surface area contributed by atoms with Gasteiger partial charge in [-0.1, -0.05) is 0 Å². The van der Waals surface area contributed by atoms with Gasteiger partial charge < -0.3 is 25.6 Å². The zero-order valence-electron chi connectivity index (χ0n) is 17.4. The first-order valence-corrected chi connectivity index (χ1v) is 8.68. The van der Waals surface area contributed by atoms with E-state index >= 15 is 0 Å². The highest BCUT2D eigenvalue weighted by molar-refractivity contribution is 14.0. The van der Waals surface area contributed by atoms with Gasteiger partial charge in [0.25, 0.3) is 0 Å². The number of hydrogen-bond acceptors (Lipinski definition) is 5. The molecule has 1 aromatic rings. The smallest absolute Gasteiger partial charge is 0.407 e. The summed E-state index contributed by atoms with van der Waals surface area (Å²) in [4.78, 5) is 17.9. The van der Waals surface area contributed by atoms with E-state index in [0.29, 0.717) is 25.6 Å². The van der Waals surface area contributed by atoms with Gasteiger partial charge in [-0.3, -0.25) is 9.67 Å². The lowest BCUT2D eigenvalue weighted by atomic mass is 10.1. The molecule has 0 radical (unpaired) electrons. The third-order valence-electron chi connectivity index (χ3n) is 3.51. The highest BCUT2D eigenvalue weighted by Crippen LogP contribution is 2.15.